The third-order valence-electron chi connectivity index (χ3n) is 5.01. The van der Waals surface area contributed by atoms with E-state index in [2.05, 4.69) is 10.6 Å². The van der Waals surface area contributed by atoms with E-state index in [0.29, 0.717) is 13.0 Å². The lowest BCUT2D eigenvalue weighted by Gasteiger charge is -2.32. The Bertz CT molecular complexity index is 353. The molecule has 0 bridgehead atoms. The largest absolute Gasteiger partial charge is 0.353 e. The number of hydrogen-bond donors (Lipinski definition) is 3. The summed E-state index contributed by atoms with van der Waals surface area (Å²) in [7, 11) is 0. The Labute approximate surface area is 134 Å². The molecule has 0 radical (unpaired) electrons. The van der Waals surface area contributed by atoms with Crippen molar-refractivity contribution in [2.24, 2.45) is 11.7 Å². The fourth-order valence-corrected chi connectivity index (χ4v) is 3.17. The zero-order chi connectivity index (χ0) is 16.6. The van der Waals surface area contributed by atoms with Crippen LogP contribution >= 0.6 is 0 Å². The van der Waals surface area contributed by atoms with E-state index in [1.165, 1.54) is 6.42 Å². The Hall–Kier alpha value is -1.10. The molecule has 5 heteroatoms. The van der Waals surface area contributed by atoms with Gasteiger partial charge in [-0.05, 0) is 32.6 Å². The van der Waals surface area contributed by atoms with E-state index >= 15 is 0 Å². The first-order valence-electron chi connectivity index (χ1n) is 8.77. The van der Waals surface area contributed by atoms with Crippen LogP contribution in [0, 0.1) is 5.92 Å². The summed E-state index contributed by atoms with van der Waals surface area (Å²) in [5.41, 5.74) is 5.49. The molecule has 0 heterocycles. The molecule has 1 atom stereocenters. The van der Waals surface area contributed by atoms with E-state index in [0.717, 1.165) is 38.5 Å². The minimum absolute atomic E-state index is 0.0365. The lowest BCUT2D eigenvalue weighted by Crippen LogP contribution is -2.54. The monoisotopic (exact) mass is 311 g/mol. The number of rotatable bonds is 8. The van der Waals surface area contributed by atoms with E-state index < -0.39 is 0 Å². The lowest BCUT2D eigenvalue weighted by molar-refractivity contribution is -0.127. The fourth-order valence-electron chi connectivity index (χ4n) is 3.17. The van der Waals surface area contributed by atoms with Crippen molar-refractivity contribution in [1.82, 2.24) is 10.6 Å². The van der Waals surface area contributed by atoms with Crippen LogP contribution in [0.3, 0.4) is 0 Å². The molecule has 1 aliphatic carbocycles. The average Bonchev–Trinajstić information content (AvgIpc) is 2.53. The molecule has 22 heavy (non-hydrogen) atoms. The second-order valence-corrected chi connectivity index (χ2v) is 6.69. The number of carbonyl (C=O) groups excluding carboxylic acids is 2. The predicted molar refractivity (Wildman–Crippen MR) is 89.3 cm³/mol. The van der Waals surface area contributed by atoms with Crippen molar-refractivity contribution in [3.63, 3.8) is 0 Å². The maximum Gasteiger partial charge on any atom is 0.223 e. The maximum atomic E-state index is 12.2. The molecule has 1 saturated carbocycles. The first kappa shape index (κ1) is 18.9. The zero-order valence-electron chi connectivity index (χ0n) is 14.4. The van der Waals surface area contributed by atoms with Gasteiger partial charge in [-0.15, -0.1) is 0 Å². The number of nitrogens with one attached hydrogen (secondary N) is 2. The molecule has 0 saturated heterocycles. The van der Waals surface area contributed by atoms with Crippen molar-refractivity contribution in [2.45, 2.75) is 83.7 Å². The van der Waals surface area contributed by atoms with Crippen LogP contribution in [0.2, 0.25) is 0 Å². The van der Waals surface area contributed by atoms with E-state index in [1.807, 2.05) is 20.8 Å². The molecule has 0 aromatic rings. The molecule has 0 aromatic heterocycles. The number of carbonyl (C=O) groups is 2. The van der Waals surface area contributed by atoms with Gasteiger partial charge in [0.15, 0.2) is 0 Å². The second kappa shape index (κ2) is 9.13. The average molecular weight is 311 g/mol. The van der Waals surface area contributed by atoms with Crippen LogP contribution in [0.1, 0.15) is 72.1 Å². The highest BCUT2D eigenvalue weighted by Crippen LogP contribution is 2.23. The van der Waals surface area contributed by atoms with Gasteiger partial charge >= 0.3 is 0 Å². The minimum atomic E-state index is -0.315. The fraction of sp³-hybridized carbons (Fsp3) is 0.882. The predicted octanol–water partition coefficient (Wildman–Crippen LogP) is 2.10. The van der Waals surface area contributed by atoms with E-state index in [-0.39, 0.29) is 29.3 Å². The highest BCUT2D eigenvalue weighted by atomic mass is 16.2. The summed E-state index contributed by atoms with van der Waals surface area (Å²) in [5, 5.41) is 6.04. The molecule has 1 unspecified atom stereocenters. The Balaban J connectivity index is 2.41. The number of hydrogen-bond acceptors (Lipinski definition) is 3. The molecule has 0 aliphatic heterocycles. The third kappa shape index (κ3) is 5.59. The first-order chi connectivity index (χ1) is 10.5. The van der Waals surface area contributed by atoms with E-state index in [9.17, 15) is 9.59 Å². The van der Waals surface area contributed by atoms with Crippen LogP contribution in [0.4, 0.5) is 0 Å². The number of amides is 2. The van der Waals surface area contributed by atoms with Gasteiger partial charge < -0.3 is 16.4 Å². The van der Waals surface area contributed by atoms with Gasteiger partial charge in [-0.2, -0.15) is 0 Å². The molecule has 128 valence electrons. The molecule has 1 fully saturated rings. The molecule has 4 N–H and O–H groups in total. The quantitative estimate of drug-likeness (QED) is 0.642. The molecule has 2 amide bonds. The van der Waals surface area contributed by atoms with Crippen LogP contribution in [0.25, 0.3) is 0 Å². The minimum Gasteiger partial charge on any atom is -0.353 e. The molecular formula is C17H33N3O2. The zero-order valence-corrected chi connectivity index (χ0v) is 14.4. The summed E-state index contributed by atoms with van der Waals surface area (Å²) < 4.78 is 0. The Morgan fingerprint density at radius 1 is 1.18 bits per heavy atom. The second-order valence-electron chi connectivity index (χ2n) is 6.69. The Morgan fingerprint density at radius 2 is 1.77 bits per heavy atom. The van der Waals surface area contributed by atoms with Gasteiger partial charge in [0.2, 0.25) is 11.8 Å². The van der Waals surface area contributed by atoms with Crippen LogP contribution in [0.15, 0.2) is 0 Å². The Kier molecular flexibility index (Phi) is 7.87. The van der Waals surface area contributed by atoms with Crippen LogP contribution in [-0.2, 0) is 9.59 Å². The highest BCUT2D eigenvalue weighted by molar-refractivity contribution is 5.81. The summed E-state index contributed by atoms with van der Waals surface area (Å²) in [6.07, 6.45) is 7.40. The van der Waals surface area contributed by atoms with Crippen LogP contribution in [-0.4, -0.2) is 29.9 Å². The molecule has 0 aromatic carbocycles. The maximum absolute atomic E-state index is 12.2. The van der Waals surface area contributed by atoms with E-state index in [4.69, 9.17) is 5.73 Å². The van der Waals surface area contributed by atoms with Gasteiger partial charge in [0.1, 0.15) is 0 Å². The van der Waals surface area contributed by atoms with Crippen molar-refractivity contribution in [3.8, 4) is 0 Å². The normalized spacial score (nSPS) is 17.8. The van der Waals surface area contributed by atoms with Crippen LogP contribution < -0.4 is 16.4 Å². The van der Waals surface area contributed by atoms with Gasteiger partial charge in [-0.25, -0.2) is 0 Å². The van der Waals surface area contributed by atoms with Gasteiger partial charge in [0, 0.05) is 24.9 Å². The molecule has 1 aliphatic rings. The van der Waals surface area contributed by atoms with Crippen molar-refractivity contribution in [2.75, 3.05) is 6.54 Å². The summed E-state index contributed by atoms with van der Waals surface area (Å²) in [5.74, 6) is 0.204. The SMILES string of the molecule is CCC(CC)(CN)NC(=O)CC(C)NC(=O)C1CCCCC1. The summed E-state index contributed by atoms with van der Waals surface area (Å²) in [4.78, 5) is 24.4. The van der Waals surface area contributed by atoms with Crippen molar-refractivity contribution in [1.29, 1.82) is 0 Å². The molecule has 5 nitrogen and oxygen atoms in total. The lowest BCUT2D eigenvalue weighted by atomic mass is 9.88. The summed E-state index contributed by atoms with van der Waals surface area (Å²) in [6.45, 7) is 6.40. The number of nitrogens with two attached hydrogens (primary N) is 1. The van der Waals surface area contributed by atoms with Crippen molar-refractivity contribution < 1.29 is 9.59 Å². The highest BCUT2D eigenvalue weighted by Gasteiger charge is 2.27. The Morgan fingerprint density at radius 3 is 2.27 bits per heavy atom. The standard InChI is InChI=1S/C17H33N3O2/c1-4-17(5-2,12-18)20-15(21)11-13(3)19-16(22)14-9-7-6-8-10-14/h13-14H,4-12,18H2,1-3H3,(H,19,22)(H,20,21). The van der Waals surface area contributed by atoms with E-state index in [1.54, 1.807) is 0 Å². The van der Waals surface area contributed by atoms with Gasteiger partial charge in [0.25, 0.3) is 0 Å². The third-order valence-corrected chi connectivity index (χ3v) is 5.01. The van der Waals surface area contributed by atoms with Crippen LogP contribution in [0.5, 0.6) is 0 Å². The molecular weight excluding hydrogens is 278 g/mol. The van der Waals surface area contributed by atoms with Gasteiger partial charge in [-0.3, -0.25) is 9.59 Å². The smallest absolute Gasteiger partial charge is 0.223 e. The van der Waals surface area contributed by atoms with Gasteiger partial charge in [-0.1, -0.05) is 33.1 Å². The molecule has 1 rings (SSSR count). The topological polar surface area (TPSA) is 84.2 Å². The first-order valence-corrected chi connectivity index (χ1v) is 8.77. The van der Waals surface area contributed by atoms with Crippen molar-refractivity contribution in [3.05, 3.63) is 0 Å². The van der Waals surface area contributed by atoms with Crippen molar-refractivity contribution >= 4 is 11.8 Å². The summed E-state index contributed by atoms with van der Waals surface area (Å²) in [6, 6.07) is -0.140. The summed E-state index contributed by atoms with van der Waals surface area (Å²) >= 11 is 0. The molecule has 0 spiro atoms. The van der Waals surface area contributed by atoms with Gasteiger partial charge in [0.05, 0.1) is 5.54 Å².